The third-order valence-electron chi connectivity index (χ3n) is 4.60. The number of aryl methyl sites for hydroxylation is 1. The van der Waals surface area contributed by atoms with Gasteiger partial charge in [0.25, 0.3) is 17.1 Å². The van der Waals surface area contributed by atoms with E-state index in [2.05, 4.69) is 10.3 Å². The first-order chi connectivity index (χ1) is 15.5. The highest BCUT2D eigenvalue weighted by Crippen LogP contribution is 2.31. The third kappa shape index (κ3) is 5.14. The number of aromatic nitrogens is 2. The number of thioether (sulfide) groups is 2. The van der Waals surface area contributed by atoms with Crippen LogP contribution in [0.5, 0.6) is 0 Å². The maximum Gasteiger partial charge on any atom is 0.293 e. The highest BCUT2D eigenvalue weighted by atomic mass is 32.2. The number of amides is 3. The maximum atomic E-state index is 12.5. The maximum absolute atomic E-state index is 12.5. The number of carbonyl (C=O) groups is 3. The zero-order valence-corrected chi connectivity index (χ0v) is 18.8. The summed E-state index contributed by atoms with van der Waals surface area (Å²) >= 11 is 2.40. The largest absolute Gasteiger partial charge is 0.455 e. The molecule has 0 radical (unpaired) electrons. The Morgan fingerprint density at radius 3 is 2.78 bits per heavy atom. The normalized spacial score (nSPS) is 15.0. The van der Waals surface area contributed by atoms with Gasteiger partial charge in [0.2, 0.25) is 0 Å². The summed E-state index contributed by atoms with van der Waals surface area (Å²) < 4.78 is 7.50. The van der Waals surface area contributed by atoms with Gasteiger partial charge in [-0.2, -0.15) is 0 Å². The number of nitrogens with one attached hydrogen (secondary N) is 1. The van der Waals surface area contributed by atoms with Crippen LogP contribution in [0.1, 0.15) is 21.9 Å². The van der Waals surface area contributed by atoms with Crippen molar-refractivity contribution in [2.45, 2.75) is 10.9 Å². The van der Waals surface area contributed by atoms with E-state index in [0.29, 0.717) is 16.4 Å². The SMILES string of the molecule is Cn1ccnc1SCc1ccc(C(=O)NCCN2C(=O)S/C(=C\c3ccccc3)C2=O)o1. The van der Waals surface area contributed by atoms with Crippen molar-refractivity contribution in [3.05, 3.63) is 76.8 Å². The molecule has 1 aliphatic heterocycles. The Kier molecular flexibility index (Phi) is 6.81. The van der Waals surface area contributed by atoms with Gasteiger partial charge in [0.1, 0.15) is 5.76 Å². The second kappa shape index (κ2) is 9.92. The fourth-order valence-corrected chi connectivity index (χ4v) is 4.66. The number of imide groups is 1. The smallest absolute Gasteiger partial charge is 0.293 e. The first-order valence-electron chi connectivity index (χ1n) is 9.79. The lowest BCUT2D eigenvalue weighted by Crippen LogP contribution is -2.37. The van der Waals surface area contributed by atoms with Crippen molar-refractivity contribution in [1.82, 2.24) is 19.8 Å². The fourth-order valence-electron chi connectivity index (χ4n) is 2.97. The number of benzene rings is 1. The Balaban J connectivity index is 1.27. The van der Waals surface area contributed by atoms with Crippen LogP contribution in [-0.2, 0) is 17.6 Å². The minimum atomic E-state index is -0.398. The van der Waals surface area contributed by atoms with Gasteiger partial charge in [0.05, 0.1) is 10.7 Å². The Morgan fingerprint density at radius 1 is 1.22 bits per heavy atom. The van der Waals surface area contributed by atoms with Gasteiger partial charge in [-0.15, -0.1) is 0 Å². The Morgan fingerprint density at radius 2 is 2.03 bits per heavy atom. The molecule has 1 aromatic carbocycles. The molecule has 10 heteroatoms. The topological polar surface area (TPSA) is 97.4 Å². The zero-order chi connectivity index (χ0) is 22.5. The molecule has 4 rings (SSSR count). The van der Waals surface area contributed by atoms with Crippen LogP contribution < -0.4 is 5.32 Å². The van der Waals surface area contributed by atoms with Gasteiger partial charge in [-0.3, -0.25) is 19.3 Å². The first kappa shape index (κ1) is 22.0. The lowest BCUT2D eigenvalue weighted by atomic mass is 10.2. The second-order valence-electron chi connectivity index (χ2n) is 6.88. The minimum Gasteiger partial charge on any atom is -0.455 e. The van der Waals surface area contributed by atoms with Crippen molar-refractivity contribution < 1.29 is 18.8 Å². The van der Waals surface area contributed by atoms with E-state index in [1.54, 1.807) is 24.4 Å². The number of furan rings is 1. The summed E-state index contributed by atoms with van der Waals surface area (Å²) in [6.45, 7) is 0.221. The third-order valence-corrected chi connectivity index (χ3v) is 6.59. The summed E-state index contributed by atoms with van der Waals surface area (Å²) in [6.07, 6.45) is 5.27. The van der Waals surface area contributed by atoms with Crippen molar-refractivity contribution in [3.8, 4) is 0 Å². The summed E-state index contributed by atoms with van der Waals surface area (Å²) in [5, 5.41) is 3.20. The standard InChI is InChI=1S/C22H20N4O4S2/c1-25-11-9-24-21(25)31-14-16-7-8-17(30-16)19(27)23-10-12-26-20(28)18(32-22(26)29)13-15-5-3-2-4-6-15/h2-9,11,13H,10,12,14H2,1H3,(H,23,27)/b18-13-. The number of hydrogen-bond acceptors (Lipinski definition) is 7. The highest BCUT2D eigenvalue weighted by molar-refractivity contribution is 8.18. The molecule has 2 aromatic heterocycles. The molecule has 32 heavy (non-hydrogen) atoms. The molecule has 8 nitrogen and oxygen atoms in total. The van der Waals surface area contributed by atoms with E-state index in [0.717, 1.165) is 27.4 Å². The molecule has 0 atom stereocenters. The zero-order valence-electron chi connectivity index (χ0n) is 17.2. The molecule has 1 aliphatic rings. The molecule has 3 amide bonds. The number of hydrogen-bond donors (Lipinski definition) is 1. The Labute approximate surface area is 193 Å². The van der Waals surface area contributed by atoms with Gasteiger partial charge in [-0.25, -0.2) is 4.98 Å². The molecule has 0 unspecified atom stereocenters. The van der Waals surface area contributed by atoms with E-state index in [9.17, 15) is 14.4 Å². The summed E-state index contributed by atoms with van der Waals surface area (Å²) in [7, 11) is 1.91. The molecule has 1 fully saturated rings. The minimum absolute atomic E-state index is 0.0884. The Bertz CT molecular complexity index is 1170. The molecule has 0 saturated carbocycles. The van der Waals surface area contributed by atoms with E-state index in [1.807, 2.05) is 48.1 Å². The average molecular weight is 469 g/mol. The van der Waals surface area contributed by atoms with Crippen LogP contribution in [-0.4, -0.2) is 44.6 Å². The molecular weight excluding hydrogens is 448 g/mol. The summed E-state index contributed by atoms with van der Waals surface area (Å²) in [5.41, 5.74) is 0.848. The van der Waals surface area contributed by atoms with E-state index < -0.39 is 5.91 Å². The first-order valence-corrected chi connectivity index (χ1v) is 11.6. The van der Waals surface area contributed by atoms with Crippen molar-refractivity contribution in [3.63, 3.8) is 0 Å². The molecule has 1 N–H and O–H groups in total. The van der Waals surface area contributed by atoms with E-state index in [-0.39, 0.29) is 30.0 Å². The van der Waals surface area contributed by atoms with Crippen LogP contribution in [0.4, 0.5) is 4.79 Å². The fraction of sp³-hybridized carbons (Fsp3) is 0.182. The average Bonchev–Trinajstić information content (AvgIpc) is 3.49. The molecule has 164 valence electrons. The van der Waals surface area contributed by atoms with E-state index >= 15 is 0 Å². The number of imidazole rings is 1. The Hall–Kier alpha value is -3.24. The van der Waals surface area contributed by atoms with Gasteiger partial charge in [-0.1, -0.05) is 42.1 Å². The lowest BCUT2D eigenvalue weighted by molar-refractivity contribution is -0.122. The van der Waals surface area contributed by atoms with Gasteiger partial charge in [0.15, 0.2) is 10.9 Å². The van der Waals surface area contributed by atoms with Crippen molar-refractivity contribution in [2.24, 2.45) is 7.05 Å². The molecule has 3 aromatic rings. The molecule has 1 saturated heterocycles. The van der Waals surface area contributed by atoms with E-state index in [1.165, 1.54) is 11.8 Å². The van der Waals surface area contributed by atoms with E-state index in [4.69, 9.17) is 4.42 Å². The predicted octanol–water partition coefficient (Wildman–Crippen LogP) is 3.77. The van der Waals surface area contributed by atoms with Crippen LogP contribution in [0.3, 0.4) is 0 Å². The monoisotopic (exact) mass is 468 g/mol. The van der Waals surface area contributed by atoms with Crippen LogP contribution >= 0.6 is 23.5 Å². The summed E-state index contributed by atoms with van der Waals surface area (Å²) in [4.78, 5) is 42.8. The van der Waals surface area contributed by atoms with Crippen LogP contribution in [0.2, 0.25) is 0 Å². The molecule has 3 heterocycles. The van der Waals surface area contributed by atoms with Crippen molar-refractivity contribution >= 4 is 46.7 Å². The number of nitrogens with zero attached hydrogens (tertiary/aromatic N) is 3. The van der Waals surface area contributed by atoms with Crippen LogP contribution in [0.15, 0.2) is 69.3 Å². The van der Waals surface area contributed by atoms with Gasteiger partial charge in [-0.05, 0) is 35.5 Å². The molecular formula is C22H20N4O4S2. The summed E-state index contributed by atoms with van der Waals surface area (Å²) in [6, 6.07) is 12.7. The van der Waals surface area contributed by atoms with Gasteiger partial charge < -0.3 is 14.3 Å². The second-order valence-corrected chi connectivity index (χ2v) is 8.81. The molecule has 0 bridgehead atoms. The highest BCUT2D eigenvalue weighted by Gasteiger charge is 2.34. The quantitative estimate of drug-likeness (QED) is 0.397. The lowest BCUT2D eigenvalue weighted by Gasteiger charge is -2.12. The predicted molar refractivity (Wildman–Crippen MR) is 123 cm³/mol. The summed E-state index contributed by atoms with van der Waals surface area (Å²) in [5.74, 6) is 0.622. The number of rotatable bonds is 8. The van der Waals surface area contributed by atoms with Gasteiger partial charge in [0, 0.05) is 32.5 Å². The molecule has 0 aliphatic carbocycles. The van der Waals surface area contributed by atoms with Crippen molar-refractivity contribution in [1.29, 1.82) is 0 Å². The van der Waals surface area contributed by atoms with Gasteiger partial charge >= 0.3 is 0 Å². The van der Waals surface area contributed by atoms with Crippen molar-refractivity contribution in [2.75, 3.05) is 13.1 Å². The van der Waals surface area contributed by atoms with Crippen LogP contribution in [0, 0.1) is 0 Å². The van der Waals surface area contributed by atoms with Crippen LogP contribution in [0.25, 0.3) is 6.08 Å². The number of carbonyl (C=O) groups excluding carboxylic acids is 3. The molecule has 0 spiro atoms.